The summed E-state index contributed by atoms with van der Waals surface area (Å²) in [7, 11) is 0. The summed E-state index contributed by atoms with van der Waals surface area (Å²) >= 11 is 12.9. The highest BCUT2D eigenvalue weighted by molar-refractivity contribution is 6.37. The van der Waals surface area contributed by atoms with E-state index >= 15 is 0 Å². The number of benzene rings is 2. The van der Waals surface area contributed by atoms with E-state index in [1.54, 1.807) is 0 Å². The fourth-order valence-corrected chi connectivity index (χ4v) is 3.31. The topological polar surface area (TPSA) is 38.5 Å². The molecule has 1 aliphatic heterocycles. The van der Waals surface area contributed by atoms with Crippen LogP contribution in [-0.2, 0) is 13.1 Å². The van der Waals surface area contributed by atoms with Crippen LogP contribution in [0.4, 0.5) is 0 Å². The van der Waals surface area contributed by atoms with E-state index in [2.05, 4.69) is 4.90 Å². The summed E-state index contributed by atoms with van der Waals surface area (Å²) in [6.45, 7) is 3.47. The van der Waals surface area contributed by atoms with Gasteiger partial charge in [-0.15, -0.1) is 24.8 Å². The van der Waals surface area contributed by atoms with E-state index in [-0.39, 0.29) is 24.8 Å². The number of likely N-dealkylation sites (tertiary alicyclic amines) is 1. The van der Waals surface area contributed by atoms with Crippen LogP contribution in [-0.4, -0.2) is 18.0 Å². The van der Waals surface area contributed by atoms with Crippen molar-refractivity contribution < 1.29 is 4.74 Å². The maximum absolute atomic E-state index is 6.54. The summed E-state index contributed by atoms with van der Waals surface area (Å²) < 4.78 is 5.92. The highest BCUT2D eigenvalue weighted by atomic mass is 35.5. The molecule has 3 nitrogen and oxygen atoms in total. The lowest BCUT2D eigenvalue weighted by Crippen LogP contribution is -2.18. The molecule has 3 rings (SSSR count). The molecule has 2 aromatic carbocycles. The maximum atomic E-state index is 6.54. The molecule has 0 spiro atoms. The van der Waals surface area contributed by atoms with Crippen LogP contribution in [0.3, 0.4) is 0 Å². The molecule has 0 saturated carbocycles. The predicted molar refractivity (Wildman–Crippen MR) is 110 cm³/mol. The Kier molecular flexibility index (Phi) is 9.36. The molecule has 1 fully saturated rings. The fourth-order valence-electron chi connectivity index (χ4n) is 2.78. The quantitative estimate of drug-likeness (QED) is 0.671. The summed E-state index contributed by atoms with van der Waals surface area (Å²) in [5.41, 5.74) is 7.61. The van der Waals surface area contributed by atoms with Gasteiger partial charge in [0.15, 0.2) is 0 Å². The van der Waals surface area contributed by atoms with Gasteiger partial charge in [-0.05, 0) is 55.8 Å². The van der Waals surface area contributed by atoms with E-state index in [4.69, 9.17) is 33.7 Å². The first kappa shape index (κ1) is 22.4. The molecular weight excluding hydrogens is 402 g/mol. The predicted octanol–water partition coefficient (Wildman–Crippen LogP) is 5.68. The molecule has 0 aliphatic carbocycles. The third-order valence-electron chi connectivity index (χ3n) is 4.12. The van der Waals surface area contributed by atoms with Gasteiger partial charge in [0.2, 0.25) is 0 Å². The number of hydrogen-bond acceptors (Lipinski definition) is 3. The van der Waals surface area contributed by atoms with Crippen molar-refractivity contribution in [1.29, 1.82) is 0 Å². The largest absolute Gasteiger partial charge is 0.456 e. The van der Waals surface area contributed by atoms with Gasteiger partial charge in [-0.3, -0.25) is 4.90 Å². The van der Waals surface area contributed by atoms with Crippen molar-refractivity contribution in [1.82, 2.24) is 4.90 Å². The summed E-state index contributed by atoms with van der Waals surface area (Å²) in [5.74, 6) is 1.37. The highest BCUT2D eigenvalue weighted by Gasteiger charge is 2.18. The van der Waals surface area contributed by atoms with Gasteiger partial charge in [0.05, 0.1) is 5.02 Å². The Morgan fingerprint density at radius 3 is 2.20 bits per heavy atom. The van der Waals surface area contributed by atoms with Crippen LogP contribution in [0.1, 0.15) is 24.0 Å². The lowest BCUT2D eigenvalue weighted by molar-refractivity contribution is 0.331. The molecule has 0 bridgehead atoms. The third-order valence-corrected chi connectivity index (χ3v) is 4.89. The molecule has 0 amide bonds. The van der Waals surface area contributed by atoms with Crippen LogP contribution in [0.25, 0.3) is 0 Å². The number of halogens is 4. The Labute approximate surface area is 171 Å². The van der Waals surface area contributed by atoms with Crippen molar-refractivity contribution in [3.8, 4) is 11.5 Å². The molecule has 1 heterocycles. The zero-order valence-corrected chi connectivity index (χ0v) is 16.9. The van der Waals surface area contributed by atoms with E-state index < -0.39 is 0 Å². The van der Waals surface area contributed by atoms with Crippen molar-refractivity contribution >= 4 is 48.0 Å². The van der Waals surface area contributed by atoms with Crippen LogP contribution in [0.5, 0.6) is 11.5 Å². The second-order valence-corrected chi connectivity index (χ2v) is 6.56. The van der Waals surface area contributed by atoms with E-state index in [0.29, 0.717) is 22.3 Å². The summed E-state index contributed by atoms with van der Waals surface area (Å²) in [5, 5.41) is 1.28. The Morgan fingerprint density at radius 2 is 1.60 bits per heavy atom. The average Bonchev–Trinajstić information content (AvgIpc) is 3.08. The number of nitrogens with two attached hydrogens (primary N) is 1. The maximum Gasteiger partial charge on any atom is 0.146 e. The minimum Gasteiger partial charge on any atom is -0.456 e. The minimum absolute atomic E-state index is 0. The smallest absolute Gasteiger partial charge is 0.146 e. The van der Waals surface area contributed by atoms with Crippen molar-refractivity contribution in [3.63, 3.8) is 0 Å². The molecule has 0 atom stereocenters. The van der Waals surface area contributed by atoms with Crippen LogP contribution in [0, 0.1) is 0 Å². The average molecular weight is 424 g/mol. The molecule has 1 saturated heterocycles. The molecule has 2 aromatic rings. The van der Waals surface area contributed by atoms with Gasteiger partial charge in [-0.25, -0.2) is 0 Å². The molecule has 25 heavy (non-hydrogen) atoms. The third kappa shape index (κ3) is 5.65. The van der Waals surface area contributed by atoms with E-state index in [9.17, 15) is 0 Å². The van der Waals surface area contributed by atoms with E-state index in [1.807, 2.05) is 36.4 Å². The van der Waals surface area contributed by atoms with E-state index in [0.717, 1.165) is 36.5 Å². The zero-order chi connectivity index (χ0) is 16.2. The van der Waals surface area contributed by atoms with Crippen LogP contribution < -0.4 is 10.5 Å². The summed E-state index contributed by atoms with van der Waals surface area (Å²) in [4.78, 5) is 2.37. The number of rotatable bonds is 5. The van der Waals surface area contributed by atoms with E-state index in [1.165, 1.54) is 12.8 Å². The number of nitrogens with zero attached hydrogens (tertiary/aromatic N) is 1. The van der Waals surface area contributed by atoms with Crippen molar-refractivity contribution in [2.45, 2.75) is 25.9 Å². The second kappa shape index (κ2) is 10.5. The molecule has 138 valence electrons. The Morgan fingerprint density at radius 1 is 0.960 bits per heavy atom. The standard InChI is InChI=1S/C18H20Cl2N2O.2ClH/c19-16-7-8-17(23-14-5-3-13(11-21)4-6-14)18(20)15(16)12-22-9-1-2-10-22;;/h3-8H,1-2,9-12,21H2;2*1H. The lowest BCUT2D eigenvalue weighted by Gasteiger charge is -2.18. The van der Waals surface area contributed by atoms with Gasteiger partial charge in [0.1, 0.15) is 11.5 Å². The molecule has 2 N–H and O–H groups in total. The van der Waals surface area contributed by atoms with Crippen molar-refractivity contribution in [2.75, 3.05) is 13.1 Å². The normalized spacial score (nSPS) is 13.9. The molecule has 0 aromatic heterocycles. The van der Waals surface area contributed by atoms with Gasteiger partial charge >= 0.3 is 0 Å². The number of ether oxygens (including phenoxy) is 1. The van der Waals surface area contributed by atoms with Crippen molar-refractivity contribution in [2.24, 2.45) is 5.73 Å². The fraction of sp³-hybridized carbons (Fsp3) is 0.333. The van der Waals surface area contributed by atoms with Gasteiger partial charge in [-0.2, -0.15) is 0 Å². The Hall–Kier alpha value is -0.680. The molecule has 7 heteroatoms. The van der Waals surface area contributed by atoms with Crippen LogP contribution >= 0.6 is 48.0 Å². The summed E-state index contributed by atoms with van der Waals surface area (Å²) in [6.07, 6.45) is 2.47. The first-order valence-electron chi connectivity index (χ1n) is 7.83. The molecule has 1 aliphatic rings. The van der Waals surface area contributed by atoms with Crippen LogP contribution in [0.2, 0.25) is 10.0 Å². The van der Waals surface area contributed by atoms with Gasteiger partial charge in [0, 0.05) is 23.7 Å². The monoisotopic (exact) mass is 422 g/mol. The van der Waals surface area contributed by atoms with Crippen LogP contribution in [0.15, 0.2) is 36.4 Å². The zero-order valence-electron chi connectivity index (χ0n) is 13.7. The van der Waals surface area contributed by atoms with Crippen molar-refractivity contribution in [3.05, 3.63) is 57.6 Å². The molecule has 0 unspecified atom stereocenters. The Balaban J connectivity index is 0.00000156. The Bertz CT molecular complexity index is 674. The first-order chi connectivity index (χ1) is 11.2. The first-order valence-corrected chi connectivity index (χ1v) is 8.59. The highest BCUT2D eigenvalue weighted by Crippen LogP contribution is 2.37. The SMILES string of the molecule is Cl.Cl.NCc1ccc(Oc2ccc(Cl)c(CN3CCCC3)c2Cl)cc1. The number of hydrogen-bond donors (Lipinski definition) is 1. The second-order valence-electron chi connectivity index (χ2n) is 5.77. The lowest BCUT2D eigenvalue weighted by atomic mass is 10.2. The van der Waals surface area contributed by atoms with Gasteiger partial charge in [-0.1, -0.05) is 35.3 Å². The molecule has 0 radical (unpaired) electrons. The minimum atomic E-state index is 0. The van der Waals surface area contributed by atoms with Gasteiger partial charge < -0.3 is 10.5 Å². The van der Waals surface area contributed by atoms with Gasteiger partial charge in [0.25, 0.3) is 0 Å². The molecular formula is C18H22Cl4N2O. The summed E-state index contributed by atoms with van der Waals surface area (Å²) in [6, 6.07) is 11.4.